The van der Waals surface area contributed by atoms with Gasteiger partial charge in [0.05, 0.1) is 0 Å². The molecule has 0 heterocycles. The minimum atomic E-state index is 0.0454. The molecular formula is C57H104. The zero-order chi connectivity index (χ0) is 41.6. The molecule has 0 aromatic carbocycles. The summed E-state index contributed by atoms with van der Waals surface area (Å²) in [6.45, 7) is 14.0. The lowest BCUT2D eigenvalue weighted by atomic mass is 9.66. The van der Waals surface area contributed by atoms with Gasteiger partial charge in [0.2, 0.25) is 0 Å². The van der Waals surface area contributed by atoms with Crippen molar-refractivity contribution in [1.82, 2.24) is 0 Å². The first kappa shape index (κ1) is 55.4. The standard InChI is InChI=1S/C57H104/c1-7-13-19-25-30-33-39-45-51-56(52-46-40-34-31-26-20-14-8-2)57(53-47-41-35-28-22-16-10-4,54-48-42-36-29-23-17-11-5)55(49-43-37-24-18-12-6)50-44-38-32-27-21-15-9-3/h35,39,41-42,44-45,48-50,52H,7-34,36-38,40,43,46-47,51,53-54H2,1-6H3/b41-35?,45-39?,48-42?,50-44?,55-49?,56-52-. The summed E-state index contributed by atoms with van der Waals surface area (Å²) < 4.78 is 0. The lowest BCUT2D eigenvalue weighted by molar-refractivity contribution is 0.399. The first-order chi connectivity index (χ1) is 28.2. The molecule has 0 aromatic rings. The maximum Gasteiger partial charge on any atom is 0.0199 e. The van der Waals surface area contributed by atoms with Gasteiger partial charge in [0.25, 0.3) is 0 Å². The predicted molar refractivity (Wildman–Crippen MR) is 265 cm³/mol. The molecule has 0 aliphatic heterocycles. The first-order valence-electron chi connectivity index (χ1n) is 26.2. The molecule has 0 aliphatic rings. The van der Waals surface area contributed by atoms with E-state index in [-0.39, 0.29) is 5.41 Å². The molecule has 0 bridgehead atoms. The van der Waals surface area contributed by atoms with Crippen LogP contribution in [0.15, 0.2) is 71.9 Å². The molecule has 0 heteroatoms. The van der Waals surface area contributed by atoms with E-state index in [1.54, 1.807) is 11.1 Å². The molecule has 0 fully saturated rings. The van der Waals surface area contributed by atoms with E-state index >= 15 is 0 Å². The Bertz CT molecular complexity index is 984. The third-order valence-electron chi connectivity index (χ3n) is 12.3. The Balaban J connectivity index is 7.04. The highest BCUT2D eigenvalue weighted by Gasteiger charge is 2.34. The summed E-state index contributed by atoms with van der Waals surface area (Å²) in [4.78, 5) is 0. The molecule has 0 saturated heterocycles. The number of hydrogen-bond donors (Lipinski definition) is 0. The van der Waals surface area contributed by atoms with Crippen LogP contribution in [0.5, 0.6) is 0 Å². The highest BCUT2D eigenvalue weighted by atomic mass is 14.4. The van der Waals surface area contributed by atoms with Crippen molar-refractivity contribution in [3.8, 4) is 0 Å². The van der Waals surface area contributed by atoms with Crippen LogP contribution in [-0.4, -0.2) is 0 Å². The van der Waals surface area contributed by atoms with Gasteiger partial charge in [-0.2, -0.15) is 0 Å². The number of allylic oxidation sites excluding steroid dienone is 12. The Labute approximate surface area is 361 Å². The Hall–Kier alpha value is -1.56. The molecular weight excluding hydrogens is 685 g/mol. The van der Waals surface area contributed by atoms with Crippen molar-refractivity contribution in [2.24, 2.45) is 5.41 Å². The normalized spacial score (nSPS) is 14.1. The van der Waals surface area contributed by atoms with Crippen LogP contribution in [0.2, 0.25) is 0 Å². The van der Waals surface area contributed by atoms with Gasteiger partial charge in [-0.3, -0.25) is 0 Å². The van der Waals surface area contributed by atoms with Gasteiger partial charge in [-0.1, -0.05) is 249 Å². The molecule has 0 rings (SSSR count). The minimum absolute atomic E-state index is 0.0454. The van der Waals surface area contributed by atoms with E-state index in [0.717, 1.165) is 12.8 Å². The summed E-state index contributed by atoms with van der Waals surface area (Å²) in [5.41, 5.74) is 3.41. The average molecular weight is 789 g/mol. The van der Waals surface area contributed by atoms with Gasteiger partial charge in [0, 0.05) is 5.41 Å². The van der Waals surface area contributed by atoms with Crippen LogP contribution >= 0.6 is 0 Å². The molecule has 332 valence electrons. The molecule has 0 N–H and O–H groups in total. The van der Waals surface area contributed by atoms with Gasteiger partial charge in [0.15, 0.2) is 0 Å². The molecule has 1 atom stereocenters. The van der Waals surface area contributed by atoms with Crippen LogP contribution in [0.3, 0.4) is 0 Å². The fourth-order valence-corrected chi connectivity index (χ4v) is 8.38. The molecule has 57 heavy (non-hydrogen) atoms. The molecule has 0 saturated carbocycles. The van der Waals surface area contributed by atoms with Crippen LogP contribution in [0, 0.1) is 5.41 Å². The van der Waals surface area contributed by atoms with E-state index in [9.17, 15) is 0 Å². The summed E-state index contributed by atoms with van der Waals surface area (Å²) in [7, 11) is 0. The number of hydrogen-bond acceptors (Lipinski definition) is 0. The van der Waals surface area contributed by atoms with Gasteiger partial charge in [-0.25, -0.2) is 0 Å². The topological polar surface area (TPSA) is 0 Å². The smallest absolute Gasteiger partial charge is 0.0199 e. The van der Waals surface area contributed by atoms with Gasteiger partial charge in [-0.15, -0.1) is 0 Å². The molecule has 1 unspecified atom stereocenters. The van der Waals surface area contributed by atoms with Crippen LogP contribution in [0.4, 0.5) is 0 Å². The van der Waals surface area contributed by atoms with Crippen molar-refractivity contribution in [1.29, 1.82) is 0 Å². The zero-order valence-electron chi connectivity index (χ0n) is 40.1. The zero-order valence-corrected chi connectivity index (χ0v) is 40.1. The van der Waals surface area contributed by atoms with Gasteiger partial charge in [0.1, 0.15) is 0 Å². The highest BCUT2D eigenvalue weighted by molar-refractivity contribution is 5.39. The second kappa shape index (κ2) is 45.5. The summed E-state index contributed by atoms with van der Waals surface area (Å²) >= 11 is 0. The highest BCUT2D eigenvalue weighted by Crippen LogP contribution is 2.47. The van der Waals surface area contributed by atoms with E-state index in [4.69, 9.17) is 0 Å². The molecule has 0 amide bonds. The largest absolute Gasteiger partial charge is 0.0885 e. The summed E-state index contributed by atoms with van der Waals surface area (Å²) in [5, 5.41) is 0. The van der Waals surface area contributed by atoms with Crippen molar-refractivity contribution in [2.75, 3.05) is 0 Å². The Kier molecular flexibility index (Phi) is 44.3. The van der Waals surface area contributed by atoms with Crippen molar-refractivity contribution in [3.05, 3.63) is 71.9 Å². The summed E-state index contributed by atoms with van der Waals surface area (Å²) in [6.07, 6.45) is 76.2. The van der Waals surface area contributed by atoms with Crippen LogP contribution < -0.4 is 0 Å². The van der Waals surface area contributed by atoms with Gasteiger partial charge in [-0.05, 0) is 108 Å². The first-order valence-corrected chi connectivity index (χ1v) is 26.2. The van der Waals surface area contributed by atoms with Crippen molar-refractivity contribution in [2.45, 2.75) is 286 Å². The van der Waals surface area contributed by atoms with Gasteiger partial charge < -0.3 is 0 Å². The maximum absolute atomic E-state index is 2.78. The Morgan fingerprint density at radius 2 is 0.667 bits per heavy atom. The molecule has 0 aromatic heterocycles. The van der Waals surface area contributed by atoms with E-state index in [2.05, 4.69) is 102 Å². The second-order valence-electron chi connectivity index (χ2n) is 17.7. The quantitative estimate of drug-likeness (QED) is 0.0328. The van der Waals surface area contributed by atoms with Crippen molar-refractivity contribution >= 4 is 0 Å². The maximum atomic E-state index is 2.78. The fraction of sp³-hybridized carbons (Fsp3) is 0.789. The van der Waals surface area contributed by atoms with Gasteiger partial charge >= 0.3 is 0 Å². The van der Waals surface area contributed by atoms with Crippen LogP contribution in [0.1, 0.15) is 286 Å². The summed E-state index contributed by atoms with van der Waals surface area (Å²) in [5.74, 6) is 0. The third-order valence-corrected chi connectivity index (χ3v) is 12.3. The lowest BCUT2D eigenvalue weighted by Gasteiger charge is -2.38. The van der Waals surface area contributed by atoms with Crippen molar-refractivity contribution < 1.29 is 0 Å². The van der Waals surface area contributed by atoms with E-state index in [0.29, 0.717) is 0 Å². The molecule has 0 spiro atoms. The number of unbranched alkanes of at least 4 members (excludes halogenated alkanes) is 28. The van der Waals surface area contributed by atoms with Crippen molar-refractivity contribution in [3.63, 3.8) is 0 Å². The molecule has 0 aliphatic carbocycles. The van der Waals surface area contributed by atoms with E-state index in [1.165, 1.54) is 231 Å². The number of rotatable bonds is 44. The average Bonchev–Trinajstić information content (AvgIpc) is 3.22. The fourth-order valence-electron chi connectivity index (χ4n) is 8.38. The second-order valence-corrected chi connectivity index (χ2v) is 17.7. The lowest BCUT2D eigenvalue weighted by Crippen LogP contribution is -2.26. The minimum Gasteiger partial charge on any atom is -0.0885 e. The monoisotopic (exact) mass is 789 g/mol. The molecule has 0 nitrogen and oxygen atoms in total. The van der Waals surface area contributed by atoms with Crippen LogP contribution in [0.25, 0.3) is 0 Å². The Morgan fingerprint density at radius 1 is 0.316 bits per heavy atom. The Morgan fingerprint density at radius 3 is 1.19 bits per heavy atom. The van der Waals surface area contributed by atoms with Crippen LogP contribution in [-0.2, 0) is 0 Å². The SMILES string of the molecule is CCCCCC=CCCC(CC=CCCCCCC)(C(C=CCCCCCCC)=CCCCCCC)/C(=C\CCCCCCCCC)CC=CCCCCCCC. The van der Waals surface area contributed by atoms with E-state index < -0.39 is 0 Å². The van der Waals surface area contributed by atoms with E-state index in [1.807, 2.05) is 0 Å². The summed E-state index contributed by atoms with van der Waals surface area (Å²) in [6, 6.07) is 0. The predicted octanol–water partition coefficient (Wildman–Crippen LogP) is 21.0. The molecule has 0 radical (unpaired) electrons. The third kappa shape index (κ3) is 33.9.